The lowest BCUT2D eigenvalue weighted by molar-refractivity contribution is -0.148. The molecule has 2 rings (SSSR count). The molecule has 2 amide bonds. The summed E-state index contributed by atoms with van der Waals surface area (Å²) in [4.78, 5) is 35.5. The van der Waals surface area contributed by atoms with Crippen LogP contribution < -0.4 is 15.4 Å². The second kappa shape index (κ2) is 10.3. The van der Waals surface area contributed by atoms with E-state index in [0.717, 1.165) is 5.56 Å². The summed E-state index contributed by atoms with van der Waals surface area (Å²) in [5.74, 6) is -0.900. The van der Waals surface area contributed by atoms with E-state index in [4.69, 9.17) is 21.1 Å². The largest absolute Gasteiger partial charge is 0.495 e. The summed E-state index contributed by atoms with van der Waals surface area (Å²) >= 11 is 6.00. The van der Waals surface area contributed by atoms with E-state index in [9.17, 15) is 14.4 Å². The van der Waals surface area contributed by atoms with Gasteiger partial charge in [0.05, 0.1) is 24.6 Å². The normalized spacial score (nSPS) is 11.2. The van der Waals surface area contributed by atoms with Gasteiger partial charge in [-0.25, -0.2) is 0 Å². The molecule has 0 radical (unpaired) electrons. The number of halogens is 1. The average Bonchev–Trinajstić information content (AvgIpc) is 2.66. The number of hydrogen-bond donors (Lipinski definition) is 2. The highest BCUT2D eigenvalue weighted by molar-refractivity contribution is 6.32. The van der Waals surface area contributed by atoms with Gasteiger partial charge >= 0.3 is 5.97 Å². The van der Waals surface area contributed by atoms with Gasteiger partial charge in [0, 0.05) is 12.6 Å². The molecule has 0 saturated carbocycles. The molecule has 0 aliphatic heterocycles. The Morgan fingerprint density at radius 3 is 2.43 bits per heavy atom. The number of hydrogen-bond acceptors (Lipinski definition) is 5. The zero-order valence-electron chi connectivity index (χ0n) is 15.5. The van der Waals surface area contributed by atoms with Crippen LogP contribution in [0.3, 0.4) is 0 Å². The van der Waals surface area contributed by atoms with Gasteiger partial charge < -0.3 is 20.1 Å². The number of ether oxygens (including phenoxy) is 2. The number of carbonyl (C=O) groups is 3. The van der Waals surface area contributed by atoms with Crippen molar-refractivity contribution >= 4 is 35.1 Å². The molecule has 0 unspecified atom stereocenters. The first-order chi connectivity index (χ1) is 13.4. The van der Waals surface area contributed by atoms with Crippen molar-refractivity contribution in [2.24, 2.45) is 0 Å². The fraction of sp³-hybridized carbons (Fsp3) is 0.250. The van der Waals surface area contributed by atoms with Crippen LogP contribution in [0.25, 0.3) is 0 Å². The minimum Gasteiger partial charge on any atom is -0.495 e. The predicted molar refractivity (Wildman–Crippen MR) is 105 cm³/mol. The van der Waals surface area contributed by atoms with Crippen LogP contribution in [0.4, 0.5) is 5.69 Å². The van der Waals surface area contributed by atoms with E-state index in [0.29, 0.717) is 16.5 Å². The number of carbonyl (C=O) groups excluding carboxylic acids is 3. The van der Waals surface area contributed by atoms with Gasteiger partial charge in [0.2, 0.25) is 5.91 Å². The molecule has 0 bridgehead atoms. The number of esters is 1. The maximum absolute atomic E-state index is 12.1. The Morgan fingerprint density at radius 2 is 1.82 bits per heavy atom. The predicted octanol–water partition coefficient (Wildman–Crippen LogP) is 3.10. The lowest BCUT2D eigenvalue weighted by Crippen LogP contribution is -2.29. The molecule has 0 fully saturated rings. The number of nitrogens with one attached hydrogen (secondary N) is 2. The van der Waals surface area contributed by atoms with Crippen molar-refractivity contribution < 1.29 is 23.9 Å². The topological polar surface area (TPSA) is 93.7 Å². The first-order valence-electron chi connectivity index (χ1n) is 8.50. The molecule has 28 heavy (non-hydrogen) atoms. The summed E-state index contributed by atoms with van der Waals surface area (Å²) in [6.07, 6.45) is -0.0920. The molecule has 148 valence electrons. The van der Waals surface area contributed by atoms with Crippen LogP contribution in [0.15, 0.2) is 48.5 Å². The standard InChI is InChI=1S/C20H21ClN2O5/c1-13(24)22-17(14-6-4-3-5-7-14)11-20(26)28-12-19(25)23-15-8-9-18(27-2)16(21)10-15/h3-10,17H,11-12H2,1-2H3,(H,22,24)(H,23,25)/t17-/m0/s1. The maximum Gasteiger partial charge on any atom is 0.308 e. The number of amides is 2. The zero-order chi connectivity index (χ0) is 20.5. The second-order valence-corrected chi connectivity index (χ2v) is 6.33. The van der Waals surface area contributed by atoms with Gasteiger partial charge in [-0.05, 0) is 23.8 Å². The molecule has 2 aromatic rings. The van der Waals surface area contributed by atoms with E-state index in [1.165, 1.54) is 20.1 Å². The molecule has 8 heteroatoms. The third-order valence-corrected chi connectivity index (χ3v) is 4.05. The molecule has 0 saturated heterocycles. The van der Waals surface area contributed by atoms with Crippen molar-refractivity contribution in [3.8, 4) is 5.75 Å². The van der Waals surface area contributed by atoms with Gasteiger partial charge in [0.25, 0.3) is 5.91 Å². The van der Waals surface area contributed by atoms with Gasteiger partial charge in [-0.2, -0.15) is 0 Å². The van der Waals surface area contributed by atoms with E-state index in [2.05, 4.69) is 10.6 Å². The van der Waals surface area contributed by atoms with E-state index in [1.807, 2.05) is 18.2 Å². The van der Waals surface area contributed by atoms with Crippen molar-refractivity contribution in [1.29, 1.82) is 0 Å². The monoisotopic (exact) mass is 404 g/mol. The summed E-state index contributed by atoms with van der Waals surface area (Å²) in [6.45, 7) is 0.915. The molecular weight excluding hydrogens is 384 g/mol. The van der Waals surface area contributed by atoms with Gasteiger partial charge in [0.15, 0.2) is 6.61 Å². The Balaban J connectivity index is 1.88. The smallest absolute Gasteiger partial charge is 0.308 e. The van der Waals surface area contributed by atoms with Crippen molar-refractivity contribution in [3.63, 3.8) is 0 Å². The molecule has 2 aromatic carbocycles. The first-order valence-corrected chi connectivity index (χ1v) is 8.88. The number of anilines is 1. The van der Waals surface area contributed by atoms with E-state index >= 15 is 0 Å². The third-order valence-electron chi connectivity index (χ3n) is 3.75. The maximum atomic E-state index is 12.1. The van der Waals surface area contributed by atoms with Crippen molar-refractivity contribution in [2.75, 3.05) is 19.0 Å². The van der Waals surface area contributed by atoms with Crippen LogP contribution in [0, 0.1) is 0 Å². The molecule has 0 heterocycles. The number of methoxy groups -OCH3 is 1. The van der Waals surface area contributed by atoms with E-state index < -0.39 is 24.5 Å². The van der Waals surface area contributed by atoms with E-state index in [1.54, 1.807) is 24.3 Å². The van der Waals surface area contributed by atoms with Crippen LogP contribution in [-0.2, 0) is 19.1 Å². The van der Waals surface area contributed by atoms with Crippen LogP contribution in [0.1, 0.15) is 24.9 Å². The highest BCUT2D eigenvalue weighted by Gasteiger charge is 2.18. The molecule has 0 spiro atoms. The molecule has 2 N–H and O–H groups in total. The Morgan fingerprint density at radius 1 is 1.11 bits per heavy atom. The third kappa shape index (κ3) is 6.59. The quantitative estimate of drug-likeness (QED) is 0.659. The van der Waals surface area contributed by atoms with Gasteiger partial charge in [0.1, 0.15) is 5.75 Å². The summed E-state index contributed by atoms with van der Waals surface area (Å²) in [5.41, 5.74) is 1.22. The van der Waals surface area contributed by atoms with Crippen molar-refractivity contribution in [3.05, 3.63) is 59.1 Å². The summed E-state index contributed by atoms with van der Waals surface area (Å²) in [5, 5.41) is 5.63. The second-order valence-electron chi connectivity index (χ2n) is 5.93. The Bertz CT molecular complexity index is 842. The lowest BCUT2D eigenvalue weighted by Gasteiger charge is -2.17. The molecule has 0 aliphatic rings. The minimum atomic E-state index is -0.606. The lowest BCUT2D eigenvalue weighted by atomic mass is 10.0. The van der Waals surface area contributed by atoms with Gasteiger partial charge in [-0.3, -0.25) is 14.4 Å². The Labute approximate surface area is 168 Å². The molecule has 0 aromatic heterocycles. The first kappa shape index (κ1) is 21.2. The SMILES string of the molecule is COc1ccc(NC(=O)COC(=O)C[C@H](NC(C)=O)c2ccccc2)cc1Cl. The van der Waals surface area contributed by atoms with E-state index in [-0.39, 0.29) is 12.3 Å². The summed E-state index contributed by atoms with van der Waals surface area (Å²) in [7, 11) is 1.49. The molecule has 7 nitrogen and oxygen atoms in total. The molecular formula is C20H21ClN2O5. The summed E-state index contributed by atoms with van der Waals surface area (Å²) < 4.78 is 10.1. The summed E-state index contributed by atoms with van der Waals surface area (Å²) in [6, 6.07) is 13.3. The van der Waals surface area contributed by atoms with Crippen LogP contribution in [0.2, 0.25) is 5.02 Å². The zero-order valence-corrected chi connectivity index (χ0v) is 16.3. The van der Waals surface area contributed by atoms with Crippen LogP contribution >= 0.6 is 11.6 Å². The van der Waals surface area contributed by atoms with Crippen LogP contribution in [0.5, 0.6) is 5.75 Å². The number of benzene rings is 2. The minimum absolute atomic E-state index is 0.0920. The van der Waals surface area contributed by atoms with Crippen molar-refractivity contribution in [1.82, 2.24) is 5.32 Å². The van der Waals surface area contributed by atoms with Crippen molar-refractivity contribution in [2.45, 2.75) is 19.4 Å². The molecule has 1 atom stereocenters. The van der Waals surface area contributed by atoms with Gasteiger partial charge in [-0.15, -0.1) is 0 Å². The Kier molecular flexibility index (Phi) is 7.83. The Hall–Kier alpha value is -3.06. The highest BCUT2D eigenvalue weighted by atomic mass is 35.5. The average molecular weight is 405 g/mol. The fourth-order valence-electron chi connectivity index (χ4n) is 2.50. The molecule has 0 aliphatic carbocycles. The van der Waals surface area contributed by atoms with Crippen LogP contribution in [-0.4, -0.2) is 31.5 Å². The fourth-order valence-corrected chi connectivity index (χ4v) is 2.75. The highest BCUT2D eigenvalue weighted by Crippen LogP contribution is 2.27. The number of rotatable bonds is 8. The van der Waals surface area contributed by atoms with Gasteiger partial charge in [-0.1, -0.05) is 41.9 Å².